The van der Waals surface area contributed by atoms with Gasteiger partial charge in [-0.15, -0.1) is 0 Å². The summed E-state index contributed by atoms with van der Waals surface area (Å²) in [5.41, 5.74) is 0.524. The second-order valence-electron chi connectivity index (χ2n) is 3.69. The van der Waals surface area contributed by atoms with Crippen molar-refractivity contribution in [1.29, 1.82) is 0 Å². The molecule has 0 radical (unpaired) electrons. The Hall–Kier alpha value is -2.70. The monoisotopic (exact) mass is 260 g/mol. The zero-order chi connectivity index (χ0) is 13.7. The molecule has 0 saturated heterocycles. The number of pyridine rings is 1. The highest BCUT2D eigenvalue weighted by atomic mass is 16.5. The van der Waals surface area contributed by atoms with E-state index in [1.54, 1.807) is 18.3 Å². The number of amides is 1. The van der Waals surface area contributed by atoms with Crippen molar-refractivity contribution >= 4 is 5.91 Å². The number of hydrogen-bond donors (Lipinski definition) is 2. The number of aromatic amines is 1. The molecule has 98 valence electrons. The molecule has 0 unspecified atom stereocenters. The first kappa shape index (κ1) is 12.7. The molecule has 7 nitrogen and oxygen atoms in total. The topological polar surface area (TPSA) is 97.0 Å². The molecule has 1 amide bonds. The minimum Gasteiger partial charge on any atom is -0.481 e. The van der Waals surface area contributed by atoms with Gasteiger partial charge in [-0.05, 0) is 5.56 Å². The molecule has 0 aliphatic rings. The highest BCUT2D eigenvalue weighted by molar-refractivity contribution is 5.91. The zero-order valence-corrected chi connectivity index (χ0v) is 10.2. The highest BCUT2D eigenvalue weighted by Crippen LogP contribution is 2.06. The summed E-state index contributed by atoms with van der Waals surface area (Å²) in [6, 6.07) is 4.63. The van der Waals surface area contributed by atoms with Gasteiger partial charge in [0.1, 0.15) is 5.69 Å². The number of H-pyrrole nitrogens is 1. The molecule has 2 N–H and O–H groups in total. The van der Waals surface area contributed by atoms with Gasteiger partial charge in [-0.3, -0.25) is 9.59 Å². The van der Waals surface area contributed by atoms with Gasteiger partial charge in [0, 0.05) is 24.9 Å². The number of carbonyl (C=O) groups is 1. The summed E-state index contributed by atoms with van der Waals surface area (Å²) in [5.74, 6) is 0.0910. The van der Waals surface area contributed by atoms with Crippen LogP contribution < -0.4 is 15.6 Å². The van der Waals surface area contributed by atoms with Crippen LogP contribution in [0.15, 0.2) is 35.5 Å². The van der Waals surface area contributed by atoms with Gasteiger partial charge in [-0.1, -0.05) is 6.07 Å². The molecule has 19 heavy (non-hydrogen) atoms. The number of methoxy groups -OCH3 is 1. The Morgan fingerprint density at radius 3 is 2.89 bits per heavy atom. The van der Waals surface area contributed by atoms with Gasteiger partial charge < -0.3 is 15.0 Å². The van der Waals surface area contributed by atoms with Crippen molar-refractivity contribution in [1.82, 2.24) is 20.3 Å². The fourth-order valence-electron chi connectivity index (χ4n) is 1.40. The predicted octanol–water partition coefficient (Wildman–Crippen LogP) is 0.103. The molecule has 2 aromatic heterocycles. The fourth-order valence-corrected chi connectivity index (χ4v) is 1.40. The third-order valence-electron chi connectivity index (χ3n) is 2.37. The summed E-state index contributed by atoms with van der Waals surface area (Å²) >= 11 is 0. The van der Waals surface area contributed by atoms with E-state index in [2.05, 4.69) is 20.3 Å². The van der Waals surface area contributed by atoms with Gasteiger partial charge in [-0.2, -0.15) is 0 Å². The lowest BCUT2D eigenvalue weighted by molar-refractivity contribution is 0.0945. The summed E-state index contributed by atoms with van der Waals surface area (Å²) < 4.78 is 4.93. The molecule has 0 bridgehead atoms. The molecule has 2 aromatic rings. The molecule has 0 saturated carbocycles. The number of nitrogens with zero attached hydrogens (tertiary/aromatic N) is 2. The second-order valence-corrected chi connectivity index (χ2v) is 3.69. The first-order valence-electron chi connectivity index (χ1n) is 5.51. The van der Waals surface area contributed by atoms with Crippen LogP contribution in [-0.2, 0) is 6.54 Å². The summed E-state index contributed by atoms with van der Waals surface area (Å²) in [7, 11) is 1.53. The van der Waals surface area contributed by atoms with E-state index in [0.717, 1.165) is 11.6 Å². The molecular weight excluding hydrogens is 248 g/mol. The minimum absolute atomic E-state index is 0.0743. The van der Waals surface area contributed by atoms with E-state index in [9.17, 15) is 9.59 Å². The maximum atomic E-state index is 11.7. The third-order valence-corrected chi connectivity index (χ3v) is 2.37. The van der Waals surface area contributed by atoms with Crippen molar-refractivity contribution in [3.8, 4) is 5.88 Å². The normalized spacial score (nSPS) is 9.95. The van der Waals surface area contributed by atoms with Crippen LogP contribution >= 0.6 is 0 Å². The lowest BCUT2D eigenvalue weighted by Crippen LogP contribution is -2.25. The van der Waals surface area contributed by atoms with E-state index >= 15 is 0 Å². The quantitative estimate of drug-likeness (QED) is 0.812. The minimum atomic E-state index is -0.415. The Labute approximate surface area is 108 Å². The maximum absolute atomic E-state index is 11.7. The average Bonchev–Trinajstić information content (AvgIpc) is 2.45. The van der Waals surface area contributed by atoms with Crippen molar-refractivity contribution in [3.63, 3.8) is 0 Å². The number of ether oxygens (including phenoxy) is 1. The molecule has 0 aliphatic carbocycles. The van der Waals surface area contributed by atoms with E-state index in [1.807, 2.05) is 0 Å². The van der Waals surface area contributed by atoms with Crippen molar-refractivity contribution in [2.24, 2.45) is 0 Å². The molecule has 2 rings (SSSR count). The maximum Gasteiger partial charge on any atom is 0.270 e. The predicted molar refractivity (Wildman–Crippen MR) is 66.8 cm³/mol. The van der Waals surface area contributed by atoms with Crippen molar-refractivity contribution in [2.75, 3.05) is 7.11 Å². The second kappa shape index (κ2) is 5.76. The first-order valence-corrected chi connectivity index (χ1v) is 5.51. The molecule has 0 atom stereocenters. The van der Waals surface area contributed by atoms with E-state index < -0.39 is 5.91 Å². The molecule has 0 spiro atoms. The van der Waals surface area contributed by atoms with E-state index in [-0.39, 0.29) is 11.3 Å². The van der Waals surface area contributed by atoms with Crippen LogP contribution in [0.3, 0.4) is 0 Å². The smallest absolute Gasteiger partial charge is 0.270 e. The van der Waals surface area contributed by atoms with Crippen LogP contribution in [0.1, 0.15) is 16.1 Å². The van der Waals surface area contributed by atoms with Crippen LogP contribution in [0.2, 0.25) is 0 Å². The SMILES string of the molecule is COc1ccc(CNC(=O)c2cc(=O)[nH]cn2)cn1. The lowest BCUT2D eigenvalue weighted by atomic mass is 10.3. The molecule has 7 heteroatoms. The van der Waals surface area contributed by atoms with Crippen LogP contribution in [-0.4, -0.2) is 28.0 Å². The van der Waals surface area contributed by atoms with Crippen LogP contribution in [0.4, 0.5) is 0 Å². The van der Waals surface area contributed by atoms with Gasteiger partial charge in [0.05, 0.1) is 13.4 Å². The summed E-state index contributed by atoms with van der Waals surface area (Å²) in [6.45, 7) is 0.296. The molecule has 0 aromatic carbocycles. The first-order chi connectivity index (χ1) is 9.19. The number of aromatic nitrogens is 3. The van der Waals surface area contributed by atoms with Gasteiger partial charge in [0.2, 0.25) is 5.88 Å². The summed E-state index contributed by atoms with van der Waals surface area (Å²) in [4.78, 5) is 32.9. The standard InChI is InChI=1S/C12H12N4O3/c1-19-11-3-2-8(5-13-11)6-14-12(18)9-4-10(17)16-7-15-9/h2-5,7H,6H2,1H3,(H,14,18)(H,15,16,17). The molecule has 0 fully saturated rings. The number of nitrogens with one attached hydrogen (secondary N) is 2. The largest absolute Gasteiger partial charge is 0.481 e. The van der Waals surface area contributed by atoms with Crippen molar-refractivity contribution in [2.45, 2.75) is 6.54 Å². The average molecular weight is 260 g/mol. The van der Waals surface area contributed by atoms with E-state index in [1.165, 1.54) is 13.4 Å². The van der Waals surface area contributed by atoms with Gasteiger partial charge >= 0.3 is 0 Å². The zero-order valence-electron chi connectivity index (χ0n) is 10.2. The van der Waals surface area contributed by atoms with Gasteiger partial charge in [0.25, 0.3) is 11.5 Å². The Morgan fingerprint density at radius 1 is 1.42 bits per heavy atom. The summed E-state index contributed by atoms with van der Waals surface area (Å²) in [6.07, 6.45) is 2.79. The third kappa shape index (κ3) is 3.38. The van der Waals surface area contributed by atoms with Gasteiger partial charge in [-0.25, -0.2) is 9.97 Å². The van der Waals surface area contributed by atoms with E-state index in [0.29, 0.717) is 12.4 Å². The summed E-state index contributed by atoms with van der Waals surface area (Å²) in [5, 5.41) is 2.64. The fraction of sp³-hybridized carbons (Fsp3) is 0.167. The Bertz CT molecular complexity index is 621. The molecule has 2 heterocycles. The highest BCUT2D eigenvalue weighted by Gasteiger charge is 2.07. The van der Waals surface area contributed by atoms with Crippen LogP contribution in [0.5, 0.6) is 5.88 Å². The Balaban J connectivity index is 1.98. The number of rotatable bonds is 4. The molecular formula is C12H12N4O3. The number of hydrogen-bond acceptors (Lipinski definition) is 5. The van der Waals surface area contributed by atoms with Gasteiger partial charge in [0.15, 0.2) is 0 Å². The molecule has 0 aliphatic heterocycles. The number of carbonyl (C=O) groups excluding carboxylic acids is 1. The van der Waals surface area contributed by atoms with E-state index in [4.69, 9.17) is 4.74 Å². The Morgan fingerprint density at radius 2 is 2.26 bits per heavy atom. The Kier molecular flexibility index (Phi) is 3.87. The van der Waals surface area contributed by atoms with Crippen molar-refractivity contribution in [3.05, 3.63) is 52.3 Å². The van der Waals surface area contributed by atoms with Crippen LogP contribution in [0, 0.1) is 0 Å². The van der Waals surface area contributed by atoms with Crippen LogP contribution in [0.25, 0.3) is 0 Å². The van der Waals surface area contributed by atoms with Crippen molar-refractivity contribution < 1.29 is 9.53 Å². The lowest BCUT2D eigenvalue weighted by Gasteiger charge is -2.05.